The topological polar surface area (TPSA) is 71.1 Å². The average molecular weight is 505 g/mol. The third-order valence-corrected chi connectivity index (χ3v) is 6.44. The minimum Gasteiger partial charge on any atom is -0.425 e. The van der Waals surface area contributed by atoms with E-state index in [2.05, 4.69) is 13.8 Å². The number of hydrogen-bond donors (Lipinski definition) is 0. The maximum Gasteiger partial charge on any atom is 0.311 e. The lowest BCUT2D eigenvalue weighted by Crippen LogP contribution is -2.18. The summed E-state index contributed by atoms with van der Waals surface area (Å²) in [5.41, 5.74) is 0.649. The Balaban J connectivity index is 1.84. The van der Waals surface area contributed by atoms with Gasteiger partial charge >= 0.3 is 11.9 Å². The molecule has 1 aliphatic rings. The summed E-state index contributed by atoms with van der Waals surface area (Å²) in [4.78, 5) is 36.1. The van der Waals surface area contributed by atoms with Crippen molar-refractivity contribution in [2.24, 2.45) is 0 Å². The second kappa shape index (κ2) is 14.3. The van der Waals surface area contributed by atoms with Crippen LogP contribution in [0.25, 0.3) is 10.8 Å². The molecule has 0 spiro atoms. The van der Waals surface area contributed by atoms with E-state index in [-0.39, 0.29) is 23.4 Å². The zero-order chi connectivity index (χ0) is 25.0. The van der Waals surface area contributed by atoms with E-state index in [1.165, 1.54) is 6.42 Å². The van der Waals surface area contributed by atoms with Crippen molar-refractivity contribution < 1.29 is 28.8 Å². The smallest absolute Gasteiger partial charge is 0.311 e. The maximum absolute atomic E-state index is 12.7. The second-order valence-electron chi connectivity index (χ2n) is 9.09. The van der Waals surface area contributed by atoms with Crippen molar-refractivity contribution in [3.63, 3.8) is 0 Å². The fourth-order valence-electron chi connectivity index (χ4n) is 4.28. The van der Waals surface area contributed by atoms with E-state index >= 15 is 0 Å². The monoisotopic (exact) mass is 504 g/mol. The molecule has 0 radical (unpaired) electrons. The number of esters is 2. The third-order valence-electron chi connectivity index (χ3n) is 6.20. The van der Waals surface area contributed by atoms with Crippen LogP contribution in [0.5, 0.6) is 17.2 Å². The SMILES string of the molecule is CCCCCCCC(=O)Oc1c2c(c(OC(=O)CCCCCCC)c3ccc(Cl)cc13)OOCC2. The van der Waals surface area contributed by atoms with Gasteiger partial charge in [0.15, 0.2) is 5.75 Å². The van der Waals surface area contributed by atoms with E-state index < -0.39 is 0 Å². The van der Waals surface area contributed by atoms with Crippen LogP contribution in [0.4, 0.5) is 0 Å². The summed E-state index contributed by atoms with van der Waals surface area (Å²) < 4.78 is 11.7. The zero-order valence-electron chi connectivity index (χ0n) is 21.0. The summed E-state index contributed by atoms with van der Waals surface area (Å²) in [5.74, 6) is 0.346. The summed E-state index contributed by atoms with van der Waals surface area (Å²) >= 11 is 6.31. The molecule has 1 aliphatic heterocycles. The Morgan fingerprint density at radius 2 is 1.43 bits per heavy atom. The molecule has 0 atom stereocenters. The lowest BCUT2D eigenvalue weighted by molar-refractivity contribution is -0.216. The van der Waals surface area contributed by atoms with Crippen LogP contribution in [-0.4, -0.2) is 18.5 Å². The van der Waals surface area contributed by atoms with E-state index in [4.69, 9.17) is 30.8 Å². The molecule has 0 bridgehead atoms. The van der Waals surface area contributed by atoms with Gasteiger partial charge in [-0.15, -0.1) is 0 Å². The third kappa shape index (κ3) is 7.84. The molecule has 1 heterocycles. The van der Waals surface area contributed by atoms with Gasteiger partial charge in [0.1, 0.15) is 5.75 Å². The highest BCUT2D eigenvalue weighted by Gasteiger charge is 2.29. The number of unbranched alkanes of at least 4 members (excludes halogenated alkanes) is 8. The van der Waals surface area contributed by atoms with E-state index in [1.54, 1.807) is 18.2 Å². The molecule has 0 N–H and O–H groups in total. The van der Waals surface area contributed by atoms with E-state index in [0.717, 1.165) is 57.8 Å². The first kappa shape index (κ1) is 27.3. The normalized spacial score (nSPS) is 12.8. The lowest BCUT2D eigenvalue weighted by Gasteiger charge is -2.23. The number of fused-ring (bicyclic) bond motifs is 2. The molecule has 0 aromatic heterocycles. The Kier molecular flexibility index (Phi) is 11.1. The summed E-state index contributed by atoms with van der Waals surface area (Å²) in [6.07, 6.45) is 11.5. The van der Waals surface area contributed by atoms with Gasteiger partial charge in [0.2, 0.25) is 5.75 Å². The van der Waals surface area contributed by atoms with Crippen molar-refractivity contribution in [3.8, 4) is 17.2 Å². The van der Waals surface area contributed by atoms with Crippen molar-refractivity contribution in [2.75, 3.05) is 6.61 Å². The van der Waals surface area contributed by atoms with Crippen LogP contribution >= 0.6 is 11.6 Å². The van der Waals surface area contributed by atoms with Crippen molar-refractivity contribution in [1.29, 1.82) is 0 Å². The van der Waals surface area contributed by atoms with Crippen LogP contribution in [0, 0.1) is 0 Å². The molecule has 0 unspecified atom stereocenters. The zero-order valence-corrected chi connectivity index (χ0v) is 21.7. The highest BCUT2D eigenvalue weighted by atomic mass is 35.5. The molecule has 7 heteroatoms. The Hall–Kier alpha value is -2.31. The van der Waals surface area contributed by atoms with Gasteiger partial charge in [-0.25, -0.2) is 0 Å². The first-order valence-corrected chi connectivity index (χ1v) is 13.4. The molecule has 2 aromatic carbocycles. The number of halogens is 1. The number of rotatable bonds is 14. The number of ether oxygens (including phenoxy) is 2. The highest BCUT2D eigenvalue weighted by Crippen LogP contribution is 2.48. The Bertz CT molecular complexity index is 1000. The quantitative estimate of drug-likeness (QED) is 0.113. The number of carbonyl (C=O) groups is 2. The predicted octanol–water partition coefficient (Wildman–Crippen LogP) is 7.89. The first-order chi connectivity index (χ1) is 17.0. The minimum absolute atomic E-state index is 0.282. The van der Waals surface area contributed by atoms with Gasteiger partial charge in [-0.1, -0.05) is 76.8 Å². The van der Waals surface area contributed by atoms with Gasteiger partial charge in [-0.3, -0.25) is 9.59 Å². The number of benzene rings is 2. The molecular formula is C28H37ClO6. The Labute approximate surface area is 213 Å². The molecule has 192 valence electrons. The summed E-state index contributed by atoms with van der Waals surface area (Å²) in [6, 6.07) is 5.20. The number of hydrogen-bond acceptors (Lipinski definition) is 6. The van der Waals surface area contributed by atoms with Crippen LogP contribution < -0.4 is 14.4 Å². The van der Waals surface area contributed by atoms with Gasteiger partial charge in [0.05, 0.1) is 6.61 Å². The summed E-state index contributed by atoms with van der Waals surface area (Å²) in [7, 11) is 0. The Morgan fingerprint density at radius 3 is 2.06 bits per heavy atom. The first-order valence-electron chi connectivity index (χ1n) is 13.0. The van der Waals surface area contributed by atoms with E-state index in [9.17, 15) is 9.59 Å². The van der Waals surface area contributed by atoms with Gasteiger partial charge in [0.25, 0.3) is 0 Å². The van der Waals surface area contributed by atoms with Gasteiger partial charge in [0, 0.05) is 40.6 Å². The number of carbonyl (C=O) groups excluding carboxylic acids is 2. The molecule has 6 nitrogen and oxygen atoms in total. The highest BCUT2D eigenvalue weighted by molar-refractivity contribution is 6.31. The van der Waals surface area contributed by atoms with Crippen LogP contribution in [0.15, 0.2) is 18.2 Å². The van der Waals surface area contributed by atoms with Gasteiger partial charge in [-0.2, -0.15) is 4.89 Å². The minimum atomic E-state index is -0.328. The largest absolute Gasteiger partial charge is 0.425 e. The fourth-order valence-corrected chi connectivity index (χ4v) is 4.45. The van der Waals surface area contributed by atoms with Crippen LogP contribution in [0.2, 0.25) is 5.02 Å². The molecule has 0 fully saturated rings. The van der Waals surface area contributed by atoms with Gasteiger partial charge < -0.3 is 14.4 Å². The predicted molar refractivity (Wildman–Crippen MR) is 137 cm³/mol. The summed E-state index contributed by atoms with van der Waals surface area (Å²) in [5, 5.41) is 1.70. The van der Waals surface area contributed by atoms with E-state index in [1.807, 2.05) is 0 Å². The molecule has 35 heavy (non-hydrogen) atoms. The van der Waals surface area contributed by atoms with Crippen LogP contribution in [0.1, 0.15) is 96.5 Å². The molecule has 0 amide bonds. The molecule has 2 aromatic rings. The van der Waals surface area contributed by atoms with Crippen molar-refractivity contribution >= 4 is 34.3 Å². The van der Waals surface area contributed by atoms with Crippen molar-refractivity contribution in [2.45, 2.75) is 97.3 Å². The molecule has 0 saturated heterocycles. The van der Waals surface area contributed by atoms with Crippen molar-refractivity contribution in [3.05, 3.63) is 28.8 Å². The molecule has 0 saturated carbocycles. The lowest BCUT2D eigenvalue weighted by atomic mass is 10.00. The van der Waals surface area contributed by atoms with Crippen LogP contribution in [-0.2, 0) is 20.9 Å². The molecule has 0 aliphatic carbocycles. The summed E-state index contributed by atoms with van der Waals surface area (Å²) in [6.45, 7) is 4.62. The average Bonchev–Trinajstić information content (AvgIpc) is 2.85. The molecular weight excluding hydrogens is 468 g/mol. The Morgan fingerprint density at radius 1 is 0.829 bits per heavy atom. The van der Waals surface area contributed by atoms with E-state index in [0.29, 0.717) is 53.0 Å². The fraction of sp³-hybridized carbons (Fsp3) is 0.571. The standard InChI is InChI=1S/C28H37ClO6/c1-3-5-7-9-11-13-24(30)33-26-22-17-18-32-35-28(22)27(21-16-15-20(29)19-23(21)26)34-25(31)14-12-10-8-6-4-2/h15-16,19H,3-14,17-18H2,1-2H3. The van der Waals surface area contributed by atoms with Gasteiger partial charge in [-0.05, 0) is 31.0 Å². The van der Waals surface area contributed by atoms with Crippen LogP contribution in [0.3, 0.4) is 0 Å². The molecule has 3 rings (SSSR count). The maximum atomic E-state index is 12.7. The second-order valence-corrected chi connectivity index (χ2v) is 9.52. The van der Waals surface area contributed by atoms with Crippen molar-refractivity contribution in [1.82, 2.24) is 0 Å².